The van der Waals surface area contributed by atoms with Crippen LogP contribution in [0.25, 0.3) is 0 Å². The lowest BCUT2D eigenvalue weighted by atomic mass is 10.1. The van der Waals surface area contributed by atoms with Crippen molar-refractivity contribution in [1.29, 1.82) is 0 Å². The van der Waals surface area contributed by atoms with E-state index in [1.807, 2.05) is 0 Å². The van der Waals surface area contributed by atoms with Crippen LogP contribution in [0.1, 0.15) is 19.3 Å². The Morgan fingerprint density at radius 2 is 2.54 bits per heavy atom. The van der Waals surface area contributed by atoms with Crippen molar-refractivity contribution >= 4 is 6.09 Å². The molecule has 0 radical (unpaired) electrons. The molecule has 4 nitrogen and oxygen atoms in total. The van der Waals surface area contributed by atoms with Gasteiger partial charge in [0, 0.05) is 6.04 Å². The third kappa shape index (κ3) is 1.94. The molecule has 2 saturated heterocycles. The molecule has 0 aromatic carbocycles. The number of nitrogens with one attached hydrogen (secondary N) is 1. The van der Waals surface area contributed by atoms with Crippen molar-refractivity contribution in [3.05, 3.63) is 0 Å². The smallest absolute Gasteiger partial charge is 0.407 e. The molecule has 0 bridgehead atoms. The van der Waals surface area contributed by atoms with Gasteiger partial charge in [-0.05, 0) is 32.9 Å². The van der Waals surface area contributed by atoms with E-state index < -0.39 is 0 Å². The molecule has 74 valence electrons. The zero-order valence-corrected chi connectivity index (χ0v) is 7.95. The van der Waals surface area contributed by atoms with Crippen LogP contribution in [-0.2, 0) is 4.74 Å². The molecule has 0 aromatic rings. The molecule has 2 heterocycles. The maximum Gasteiger partial charge on any atom is 0.407 e. The maximum atomic E-state index is 10.8. The number of hydrogen-bond donors (Lipinski definition) is 1. The first-order chi connectivity index (χ1) is 6.25. The van der Waals surface area contributed by atoms with E-state index in [2.05, 4.69) is 17.3 Å². The van der Waals surface area contributed by atoms with Gasteiger partial charge in [0.05, 0.1) is 6.04 Å². The van der Waals surface area contributed by atoms with Gasteiger partial charge in [-0.15, -0.1) is 0 Å². The van der Waals surface area contributed by atoms with Crippen LogP contribution in [0.4, 0.5) is 4.79 Å². The van der Waals surface area contributed by atoms with Gasteiger partial charge in [-0.25, -0.2) is 4.79 Å². The van der Waals surface area contributed by atoms with Gasteiger partial charge in [-0.2, -0.15) is 0 Å². The summed E-state index contributed by atoms with van der Waals surface area (Å²) in [6, 6.07) is 0.866. The average molecular weight is 184 g/mol. The van der Waals surface area contributed by atoms with Crippen molar-refractivity contribution in [2.45, 2.75) is 31.3 Å². The fourth-order valence-corrected chi connectivity index (χ4v) is 2.16. The maximum absolute atomic E-state index is 10.8. The minimum absolute atomic E-state index is 0.234. The van der Waals surface area contributed by atoms with Crippen LogP contribution in [0.3, 0.4) is 0 Å². The van der Waals surface area contributed by atoms with Gasteiger partial charge in [-0.3, -0.25) is 0 Å². The summed E-state index contributed by atoms with van der Waals surface area (Å²) < 4.78 is 4.84. The molecule has 2 atom stereocenters. The lowest BCUT2D eigenvalue weighted by Gasteiger charge is -2.21. The summed E-state index contributed by atoms with van der Waals surface area (Å²) >= 11 is 0. The van der Waals surface area contributed by atoms with Gasteiger partial charge >= 0.3 is 6.09 Å². The first kappa shape index (κ1) is 8.81. The summed E-state index contributed by atoms with van der Waals surface area (Å²) in [6.45, 7) is 1.73. The normalized spacial score (nSPS) is 34.7. The van der Waals surface area contributed by atoms with Gasteiger partial charge in [0.1, 0.15) is 6.61 Å². The molecule has 0 saturated carbocycles. The molecule has 4 heteroatoms. The van der Waals surface area contributed by atoms with Crippen molar-refractivity contribution in [3.63, 3.8) is 0 Å². The molecule has 1 amide bonds. The number of carbonyl (C=O) groups excluding carboxylic acids is 1. The Kier molecular flexibility index (Phi) is 2.40. The van der Waals surface area contributed by atoms with Gasteiger partial charge in [-0.1, -0.05) is 0 Å². The van der Waals surface area contributed by atoms with Crippen LogP contribution < -0.4 is 5.32 Å². The fourth-order valence-electron chi connectivity index (χ4n) is 2.16. The number of alkyl carbamates (subject to hydrolysis) is 1. The van der Waals surface area contributed by atoms with E-state index in [4.69, 9.17) is 4.74 Å². The number of nitrogens with zero attached hydrogens (tertiary/aromatic N) is 1. The Morgan fingerprint density at radius 1 is 1.69 bits per heavy atom. The zero-order valence-electron chi connectivity index (χ0n) is 7.95. The van der Waals surface area contributed by atoms with E-state index >= 15 is 0 Å². The highest BCUT2D eigenvalue weighted by molar-refractivity contribution is 5.69. The highest BCUT2D eigenvalue weighted by atomic mass is 16.6. The Hall–Kier alpha value is -0.770. The topological polar surface area (TPSA) is 41.6 Å². The van der Waals surface area contributed by atoms with Crippen LogP contribution >= 0.6 is 0 Å². The minimum atomic E-state index is -0.259. The number of carbonyl (C=O) groups is 1. The van der Waals surface area contributed by atoms with Gasteiger partial charge in [0.2, 0.25) is 0 Å². The molecule has 2 aliphatic rings. The van der Waals surface area contributed by atoms with E-state index in [1.165, 1.54) is 19.4 Å². The first-order valence-corrected chi connectivity index (χ1v) is 4.89. The molecule has 0 aliphatic carbocycles. The average Bonchev–Trinajstić information content (AvgIpc) is 2.64. The van der Waals surface area contributed by atoms with E-state index in [-0.39, 0.29) is 12.1 Å². The Morgan fingerprint density at radius 3 is 3.08 bits per heavy atom. The summed E-state index contributed by atoms with van der Waals surface area (Å²) in [7, 11) is 2.15. The molecule has 2 rings (SSSR count). The standard InChI is InChI=1S/C9H16N2O2/c1-11-4-2-3-8(11)5-7-6-13-9(12)10-7/h7-8H,2-6H2,1H3,(H,10,12). The molecular formula is C9H16N2O2. The second-order valence-electron chi connectivity index (χ2n) is 3.95. The van der Waals surface area contributed by atoms with Crippen molar-refractivity contribution in [2.75, 3.05) is 20.2 Å². The molecule has 2 aliphatic heterocycles. The number of amides is 1. The number of hydrogen-bond acceptors (Lipinski definition) is 3. The predicted octanol–water partition coefficient (Wildman–Crippen LogP) is 0.579. The van der Waals surface area contributed by atoms with Crippen molar-refractivity contribution in [2.24, 2.45) is 0 Å². The Bertz CT molecular complexity index is 208. The van der Waals surface area contributed by atoms with Crippen LogP contribution in [0.15, 0.2) is 0 Å². The minimum Gasteiger partial charge on any atom is -0.447 e. The number of likely N-dealkylation sites (tertiary alicyclic amines) is 1. The Balaban J connectivity index is 1.80. The van der Waals surface area contributed by atoms with Crippen LogP contribution in [0.5, 0.6) is 0 Å². The van der Waals surface area contributed by atoms with Crippen LogP contribution in [-0.4, -0.2) is 43.3 Å². The van der Waals surface area contributed by atoms with Crippen molar-refractivity contribution in [3.8, 4) is 0 Å². The first-order valence-electron chi connectivity index (χ1n) is 4.89. The van der Waals surface area contributed by atoms with E-state index in [0.717, 1.165) is 6.42 Å². The predicted molar refractivity (Wildman–Crippen MR) is 48.5 cm³/mol. The third-order valence-electron chi connectivity index (χ3n) is 2.97. The van der Waals surface area contributed by atoms with Crippen LogP contribution in [0, 0.1) is 0 Å². The second kappa shape index (κ2) is 3.54. The SMILES string of the molecule is CN1CCCC1CC1COC(=O)N1. The molecule has 0 aromatic heterocycles. The van der Waals surface area contributed by atoms with Gasteiger partial charge in [0.15, 0.2) is 0 Å². The second-order valence-corrected chi connectivity index (χ2v) is 3.95. The van der Waals surface area contributed by atoms with E-state index in [9.17, 15) is 4.79 Å². The molecule has 0 spiro atoms. The van der Waals surface area contributed by atoms with Gasteiger partial charge < -0.3 is 15.0 Å². The summed E-state index contributed by atoms with van der Waals surface area (Å²) in [5.74, 6) is 0. The summed E-state index contributed by atoms with van der Waals surface area (Å²) in [5, 5.41) is 2.81. The molecular weight excluding hydrogens is 168 g/mol. The Labute approximate surface area is 78.2 Å². The third-order valence-corrected chi connectivity index (χ3v) is 2.97. The van der Waals surface area contributed by atoms with E-state index in [1.54, 1.807) is 0 Å². The highest BCUT2D eigenvalue weighted by Crippen LogP contribution is 2.20. The summed E-state index contributed by atoms with van der Waals surface area (Å²) in [4.78, 5) is 13.1. The monoisotopic (exact) mass is 184 g/mol. The molecule has 1 N–H and O–H groups in total. The van der Waals surface area contributed by atoms with Crippen molar-refractivity contribution in [1.82, 2.24) is 10.2 Å². The lowest BCUT2D eigenvalue weighted by Crippen LogP contribution is -2.35. The number of rotatable bonds is 2. The van der Waals surface area contributed by atoms with Gasteiger partial charge in [0.25, 0.3) is 0 Å². The molecule has 2 fully saturated rings. The van der Waals surface area contributed by atoms with Crippen molar-refractivity contribution < 1.29 is 9.53 Å². The summed E-state index contributed by atoms with van der Waals surface area (Å²) in [6.07, 6.45) is 3.30. The number of cyclic esters (lactones) is 1. The number of ether oxygens (including phenoxy) is 1. The fraction of sp³-hybridized carbons (Fsp3) is 0.889. The van der Waals surface area contributed by atoms with Crippen LogP contribution in [0.2, 0.25) is 0 Å². The zero-order chi connectivity index (χ0) is 9.26. The lowest BCUT2D eigenvalue weighted by molar-refractivity contribution is 0.175. The molecule has 2 unspecified atom stereocenters. The highest BCUT2D eigenvalue weighted by Gasteiger charge is 2.29. The molecule has 13 heavy (non-hydrogen) atoms. The largest absolute Gasteiger partial charge is 0.447 e. The van der Waals surface area contributed by atoms with E-state index in [0.29, 0.717) is 12.6 Å². The quantitative estimate of drug-likeness (QED) is 0.682. The summed E-state index contributed by atoms with van der Waals surface area (Å²) in [5.41, 5.74) is 0.